The number of rotatable bonds is 5. The molecular weight excluding hydrogens is 183 g/mol. The maximum Gasteiger partial charge on any atom is 0.142 e. The van der Waals surface area contributed by atoms with E-state index in [1.165, 1.54) is 0 Å². The lowest BCUT2D eigenvalue weighted by Gasteiger charge is -2.22. The van der Waals surface area contributed by atoms with Gasteiger partial charge >= 0.3 is 0 Å². The molecular formula is C9H19BO4. The van der Waals surface area contributed by atoms with E-state index in [1.54, 1.807) is 14.2 Å². The Kier molecular flexibility index (Phi) is 4.88. The lowest BCUT2D eigenvalue weighted by molar-refractivity contribution is -0.0671. The van der Waals surface area contributed by atoms with Gasteiger partial charge in [-0.2, -0.15) is 0 Å². The van der Waals surface area contributed by atoms with Crippen LogP contribution in [0.5, 0.6) is 0 Å². The summed E-state index contributed by atoms with van der Waals surface area (Å²) in [5, 5.41) is 0. The minimum absolute atomic E-state index is 0.0256. The van der Waals surface area contributed by atoms with Crippen LogP contribution in [-0.2, 0) is 18.9 Å². The summed E-state index contributed by atoms with van der Waals surface area (Å²) in [6.07, 6.45) is 0.187. The van der Waals surface area contributed by atoms with Gasteiger partial charge in [0, 0.05) is 14.2 Å². The smallest absolute Gasteiger partial charge is 0.142 e. The van der Waals surface area contributed by atoms with Crippen LogP contribution in [0.4, 0.5) is 0 Å². The first-order chi connectivity index (χ1) is 6.69. The van der Waals surface area contributed by atoms with E-state index in [4.69, 9.17) is 18.9 Å². The summed E-state index contributed by atoms with van der Waals surface area (Å²) in [5.74, 6) is 0. The molecule has 1 saturated heterocycles. The molecule has 0 bridgehead atoms. The van der Waals surface area contributed by atoms with E-state index in [9.17, 15) is 0 Å². The lowest BCUT2D eigenvalue weighted by Crippen LogP contribution is -2.36. The third-order valence-electron chi connectivity index (χ3n) is 2.58. The molecule has 0 radical (unpaired) electrons. The first-order valence-corrected chi connectivity index (χ1v) is 4.97. The van der Waals surface area contributed by atoms with Gasteiger partial charge in [-0.3, -0.25) is 0 Å². The SMILES string of the molecule is B[C@@H]1OCC(OC)[C@@H]1OCC(C)OC. The Bertz CT molecular complexity index is 167. The summed E-state index contributed by atoms with van der Waals surface area (Å²) >= 11 is 0. The fraction of sp³-hybridized carbons (Fsp3) is 1.00. The standard InChI is InChI=1S/C9H19BO4/c1-6(11-2)4-13-8-7(12-3)5-14-9(8)10/h6-9H,4-5,10H2,1-3H3/t6?,7?,8-,9+/m0/s1. The molecule has 0 N–H and O–H groups in total. The number of hydrogen-bond acceptors (Lipinski definition) is 4. The average molecular weight is 202 g/mol. The topological polar surface area (TPSA) is 36.9 Å². The molecule has 1 aliphatic heterocycles. The predicted molar refractivity (Wildman–Crippen MR) is 55.3 cm³/mol. The molecule has 0 aromatic rings. The zero-order chi connectivity index (χ0) is 10.6. The number of methoxy groups -OCH3 is 2. The average Bonchev–Trinajstić information content (AvgIpc) is 2.55. The summed E-state index contributed by atoms with van der Waals surface area (Å²) in [4.78, 5) is 0. The maximum absolute atomic E-state index is 5.70. The Hall–Kier alpha value is -0.0951. The molecule has 5 heteroatoms. The van der Waals surface area contributed by atoms with Crippen molar-refractivity contribution in [3.63, 3.8) is 0 Å². The van der Waals surface area contributed by atoms with Crippen molar-refractivity contribution >= 4 is 7.85 Å². The summed E-state index contributed by atoms with van der Waals surface area (Å²) in [6, 6.07) is 0.101. The second-order valence-electron chi connectivity index (χ2n) is 3.66. The van der Waals surface area contributed by atoms with Gasteiger partial charge in [0.2, 0.25) is 0 Å². The number of hydrogen-bond donors (Lipinski definition) is 0. The van der Waals surface area contributed by atoms with E-state index in [0.29, 0.717) is 13.2 Å². The highest BCUT2D eigenvalue weighted by molar-refractivity contribution is 6.11. The molecule has 82 valence electrons. The normalized spacial score (nSPS) is 34.6. The Morgan fingerprint density at radius 3 is 2.79 bits per heavy atom. The monoisotopic (exact) mass is 202 g/mol. The van der Waals surface area contributed by atoms with Crippen LogP contribution in [0.1, 0.15) is 6.92 Å². The molecule has 0 aromatic heterocycles. The summed E-state index contributed by atoms with van der Waals surface area (Å²) < 4.78 is 21.5. The Morgan fingerprint density at radius 1 is 1.50 bits per heavy atom. The molecule has 0 saturated carbocycles. The van der Waals surface area contributed by atoms with E-state index in [2.05, 4.69) is 0 Å². The Morgan fingerprint density at radius 2 is 2.21 bits per heavy atom. The van der Waals surface area contributed by atoms with Gasteiger partial charge in [0.1, 0.15) is 20.1 Å². The molecule has 0 amide bonds. The highest BCUT2D eigenvalue weighted by Crippen LogP contribution is 2.18. The fourth-order valence-electron chi connectivity index (χ4n) is 1.50. The number of ether oxygens (including phenoxy) is 4. The molecule has 4 nitrogen and oxygen atoms in total. The third-order valence-corrected chi connectivity index (χ3v) is 2.58. The van der Waals surface area contributed by atoms with Gasteiger partial charge in [0.25, 0.3) is 0 Å². The van der Waals surface area contributed by atoms with Gasteiger partial charge in [-0.05, 0) is 6.92 Å². The minimum atomic E-state index is 0.0256. The van der Waals surface area contributed by atoms with Gasteiger partial charge in [-0.15, -0.1) is 0 Å². The predicted octanol–water partition coefficient (Wildman–Crippen LogP) is -0.589. The van der Waals surface area contributed by atoms with Crippen molar-refractivity contribution < 1.29 is 18.9 Å². The fourth-order valence-corrected chi connectivity index (χ4v) is 1.50. The second-order valence-corrected chi connectivity index (χ2v) is 3.66. The molecule has 2 unspecified atom stereocenters. The van der Waals surface area contributed by atoms with Gasteiger partial charge < -0.3 is 18.9 Å². The van der Waals surface area contributed by atoms with Crippen molar-refractivity contribution in [3.8, 4) is 0 Å². The van der Waals surface area contributed by atoms with Gasteiger partial charge in [0.05, 0.1) is 25.3 Å². The van der Waals surface area contributed by atoms with Crippen molar-refractivity contribution in [2.24, 2.45) is 0 Å². The van der Waals surface area contributed by atoms with Gasteiger partial charge in [-0.25, -0.2) is 0 Å². The summed E-state index contributed by atoms with van der Waals surface area (Å²) in [7, 11) is 5.36. The molecule has 1 fully saturated rings. The largest absolute Gasteiger partial charge is 0.382 e. The van der Waals surface area contributed by atoms with Crippen LogP contribution in [0.2, 0.25) is 0 Å². The van der Waals surface area contributed by atoms with Crippen LogP contribution in [0.25, 0.3) is 0 Å². The zero-order valence-electron chi connectivity index (χ0n) is 9.36. The first kappa shape index (κ1) is 12.0. The summed E-state index contributed by atoms with van der Waals surface area (Å²) in [5.41, 5.74) is 0. The van der Waals surface area contributed by atoms with E-state index in [0.717, 1.165) is 0 Å². The highest BCUT2D eigenvalue weighted by Gasteiger charge is 2.35. The first-order valence-electron chi connectivity index (χ1n) is 4.97. The zero-order valence-corrected chi connectivity index (χ0v) is 9.36. The van der Waals surface area contributed by atoms with Crippen molar-refractivity contribution in [1.29, 1.82) is 0 Å². The quantitative estimate of drug-likeness (QED) is 0.558. The van der Waals surface area contributed by atoms with Crippen LogP contribution in [0.15, 0.2) is 0 Å². The van der Waals surface area contributed by atoms with Crippen molar-refractivity contribution in [1.82, 2.24) is 0 Å². The van der Waals surface area contributed by atoms with Crippen molar-refractivity contribution in [2.45, 2.75) is 31.2 Å². The van der Waals surface area contributed by atoms with E-state index in [-0.39, 0.29) is 24.3 Å². The Balaban J connectivity index is 2.33. The minimum Gasteiger partial charge on any atom is -0.382 e. The Labute approximate surface area is 86.3 Å². The molecule has 1 rings (SSSR count). The third kappa shape index (κ3) is 2.95. The van der Waals surface area contributed by atoms with Gasteiger partial charge in [0.15, 0.2) is 0 Å². The van der Waals surface area contributed by atoms with E-state index >= 15 is 0 Å². The van der Waals surface area contributed by atoms with Crippen LogP contribution in [0, 0.1) is 0 Å². The molecule has 1 heterocycles. The molecule has 0 spiro atoms. The second kappa shape index (κ2) is 5.71. The van der Waals surface area contributed by atoms with Crippen molar-refractivity contribution in [2.75, 3.05) is 27.4 Å². The van der Waals surface area contributed by atoms with Crippen molar-refractivity contribution in [3.05, 3.63) is 0 Å². The summed E-state index contributed by atoms with van der Waals surface area (Å²) in [6.45, 7) is 3.17. The van der Waals surface area contributed by atoms with Crippen LogP contribution in [-0.4, -0.2) is 59.6 Å². The molecule has 0 aromatic carbocycles. The molecule has 14 heavy (non-hydrogen) atoms. The molecule has 4 atom stereocenters. The van der Waals surface area contributed by atoms with E-state index < -0.39 is 0 Å². The van der Waals surface area contributed by atoms with E-state index in [1.807, 2.05) is 14.8 Å². The highest BCUT2D eigenvalue weighted by atomic mass is 16.6. The molecule has 1 aliphatic rings. The lowest BCUT2D eigenvalue weighted by atomic mass is 9.93. The molecule has 0 aliphatic carbocycles. The maximum atomic E-state index is 5.70. The van der Waals surface area contributed by atoms with Gasteiger partial charge in [-0.1, -0.05) is 0 Å². The van der Waals surface area contributed by atoms with Crippen LogP contribution >= 0.6 is 0 Å². The van der Waals surface area contributed by atoms with Crippen LogP contribution in [0.3, 0.4) is 0 Å². The van der Waals surface area contributed by atoms with Crippen LogP contribution < -0.4 is 0 Å².